The Labute approximate surface area is 276 Å². The monoisotopic (exact) mass is 634 g/mol. The van der Waals surface area contributed by atoms with Crippen LogP contribution in [0.2, 0.25) is 0 Å². The molecule has 0 saturated heterocycles. The SMILES string of the molecule is COc1cc2c(cc1OC)C(c1ccccc1)N(C(=O)CCCC(=O)N1CCc3cc(OC)c(OC)cc3C1c1ccccc1)CC2. The van der Waals surface area contributed by atoms with Crippen LogP contribution in [-0.4, -0.2) is 63.1 Å². The third-order valence-electron chi connectivity index (χ3n) is 9.40. The molecule has 0 saturated carbocycles. The summed E-state index contributed by atoms with van der Waals surface area (Å²) in [5.41, 5.74) is 6.43. The van der Waals surface area contributed by atoms with Gasteiger partial charge in [-0.2, -0.15) is 0 Å². The van der Waals surface area contributed by atoms with E-state index in [2.05, 4.69) is 24.3 Å². The first kappa shape index (κ1) is 32.0. The average molecular weight is 635 g/mol. The van der Waals surface area contributed by atoms with Crippen LogP contribution in [-0.2, 0) is 22.4 Å². The van der Waals surface area contributed by atoms with Crippen molar-refractivity contribution < 1.29 is 28.5 Å². The Bertz CT molecular complexity index is 1600. The minimum absolute atomic E-state index is 0.0347. The van der Waals surface area contributed by atoms with Gasteiger partial charge in [0.1, 0.15) is 0 Å². The fraction of sp³-hybridized carbons (Fsp3) is 0.333. The molecule has 2 amide bonds. The van der Waals surface area contributed by atoms with E-state index in [0.29, 0.717) is 55.4 Å². The summed E-state index contributed by atoms with van der Waals surface area (Å²) < 4.78 is 22.4. The maximum absolute atomic E-state index is 13.9. The van der Waals surface area contributed by atoms with Gasteiger partial charge in [0, 0.05) is 25.9 Å². The standard InChI is InChI=1S/C39H42N2O6/c1-44-32-22-28-18-20-40(38(26-12-7-5-8-13-26)30(28)24-34(32)46-3)36(42)16-11-17-37(43)41-21-19-29-23-33(45-2)35(47-4)25-31(29)39(41)27-14-9-6-10-15-27/h5-10,12-15,22-25,38-39H,11,16-21H2,1-4H3. The zero-order valence-electron chi connectivity index (χ0n) is 27.5. The predicted molar refractivity (Wildman–Crippen MR) is 180 cm³/mol. The van der Waals surface area contributed by atoms with Crippen LogP contribution in [0.1, 0.15) is 64.7 Å². The molecule has 8 nitrogen and oxygen atoms in total. The first-order valence-corrected chi connectivity index (χ1v) is 16.2. The van der Waals surface area contributed by atoms with Crippen LogP contribution in [0.4, 0.5) is 0 Å². The summed E-state index contributed by atoms with van der Waals surface area (Å²) in [4.78, 5) is 31.8. The molecule has 0 aliphatic carbocycles. The van der Waals surface area contributed by atoms with Crippen molar-refractivity contribution in [1.82, 2.24) is 9.80 Å². The van der Waals surface area contributed by atoms with E-state index in [-0.39, 0.29) is 36.7 Å². The van der Waals surface area contributed by atoms with Gasteiger partial charge in [-0.3, -0.25) is 9.59 Å². The molecule has 244 valence electrons. The maximum Gasteiger partial charge on any atom is 0.223 e. The number of carbonyl (C=O) groups excluding carboxylic acids is 2. The number of hydrogen-bond donors (Lipinski definition) is 0. The third-order valence-corrected chi connectivity index (χ3v) is 9.40. The van der Waals surface area contributed by atoms with E-state index in [1.807, 2.05) is 70.5 Å². The fourth-order valence-corrected chi connectivity index (χ4v) is 7.10. The Morgan fingerprint density at radius 3 is 1.30 bits per heavy atom. The van der Waals surface area contributed by atoms with Gasteiger partial charge in [0.25, 0.3) is 0 Å². The topological polar surface area (TPSA) is 77.5 Å². The lowest BCUT2D eigenvalue weighted by Crippen LogP contribution is -2.41. The van der Waals surface area contributed by atoms with E-state index < -0.39 is 0 Å². The number of ether oxygens (including phenoxy) is 4. The van der Waals surface area contributed by atoms with Crippen molar-refractivity contribution in [2.24, 2.45) is 0 Å². The molecule has 0 N–H and O–H groups in total. The second-order valence-electron chi connectivity index (χ2n) is 12.0. The molecular formula is C39H42N2O6. The van der Waals surface area contributed by atoms with Crippen molar-refractivity contribution in [1.29, 1.82) is 0 Å². The van der Waals surface area contributed by atoms with Gasteiger partial charge >= 0.3 is 0 Å². The third kappa shape index (κ3) is 6.37. The zero-order valence-corrected chi connectivity index (χ0v) is 27.5. The highest BCUT2D eigenvalue weighted by atomic mass is 16.5. The van der Waals surface area contributed by atoms with E-state index in [1.165, 1.54) is 0 Å². The quantitative estimate of drug-likeness (QED) is 0.197. The molecule has 2 unspecified atom stereocenters. The van der Waals surface area contributed by atoms with Gasteiger partial charge in [-0.15, -0.1) is 0 Å². The molecule has 4 aromatic rings. The van der Waals surface area contributed by atoms with E-state index in [1.54, 1.807) is 28.4 Å². The van der Waals surface area contributed by atoms with Crippen molar-refractivity contribution in [3.63, 3.8) is 0 Å². The smallest absolute Gasteiger partial charge is 0.223 e. The van der Waals surface area contributed by atoms with Crippen molar-refractivity contribution in [2.75, 3.05) is 41.5 Å². The summed E-state index contributed by atoms with van der Waals surface area (Å²) in [6, 6.07) is 27.7. The van der Waals surface area contributed by atoms with Crippen molar-refractivity contribution in [3.05, 3.63) is 118 Å². The molecule has 4 aromatic carbocycles. The van der Waals surface area contributed by atoms with Gasteiger partial charge in [0.15, 0.2) is 23.0 Å². The van der Waals surface area contributed by atoms with E-state index >= 15 is 0 Å². The van der Waals surface area contributed by atoms with Crippen LogP contribution in [0, 0.1) is 0 Å². The van der Waals surface area contributed by atoms with Gasteiger partial charge < -0.3 is 28.7 Å². The second-order valence-corrected chi connectivity index (χ2v) is 12.0. The fourth-order valence-electron chi connectivity index (χ4n) is 7.10. The largest absolute Gasteiger partial charge is 0.493 e. The molecule has 6 rings (SSSR count). The molecule has 0 bridgehead atoms. The molecule has 2 aliphatic heterocycles. The highest BCUT2D eigenvalue weighted by molar-refractivity contribution is 5.81. The summed E-state index contributed by atoms with van der Waals surface area (Å²) in [5, 5.41) is 0. The number of benzene rings is 4. The zero-order chi connectivity index (χ0) is 32.9. The van der Waals surface area contributed by atoms with E-state index in [9.17, 15) is 9.59 Å². The number of amides is 2. The lowest BCUT2D eigenvalue weighted by atomic mass is 9.87. The predicted octanol–water partition coefficient (Wildman–Crippen LogP) is 6.54. The Morgan fingerprint density at radius 2 is 0.936 bits per heavy atom. The summed E-state index contributed by atoms with van der Waals surface area (Å²) >= 11 is 0. The number of hydrogen-bond acceptors (Lipinski definition) is 6. The minimum Gasteiger partial charge on any atom is -0.493 e. The van der Waals surface area contributed by atoms with Crippen LogP contribution < -0.4 is 18.9 Å². The van der Waals surface area contributed by atoms with Gasteiger partial charge in [0.05, 0.1) is 40.5 Å². The van der Waals surface area contributed by atoms with E-state index in [4.69, 9.17) is 18.9 Å². The number of rotatable bonds is 10. The van der Waals surface area contributed by atoms with Gasteiger partial charge in [0.2, 0.25) is 11.8 Å². The van der Waals surface area contributed by atoms with Crippen LogP contribution in [0.5, 0.6) is 23.0 Å². The van der Waals surface area contributed by atoms with Crippen molar-refractivity contribution in [3.8, 4) is 23.0 Å². The average Bonchev–Trinajstić information content (AvgIpc) is 3.13. The highest BCUT2D eigenvalue weighted by Crippen LogP contribution is 2.43. The number of nitrogens with zero attached hydrogens (tertiary/aromatic N) is 2. The summed E-state index contributed by atoms with van der Waals surface area (Å²) in [6.07, 6.45) is 2.45. The Morgan fingerprint density at radius 1 is 0.574 bits per heavy atom. The van der Waals surface area contributed by atoms with Gasteiger partial charge in [-0.05, 0) is 76.9 Å². The van der Waals surface area contributed by atoms with Crippen LogP contribution >= 0.6 is 0 Å². The molecular weight excluding hydrogens is 592 g/mol. The summed E-state index contributed by atoms with van der Waals surface area (Å²) in [6.45, 7) is 1.16. The first-order chi connectivity index (χ1) is 23.0. The molecule has 8 heteroatoms. The molecule has 0 fully saturated rings. The number of methoxy groups -OCH3 is 4. The van der Waals surface area contributed by atoms with Crippen LogP contribution in [0.15, 0.2) is 84.9 Å². The van der Waals surface area contributed by atoms with Crippen molar-refractivity contribution >= 4 is 11.8 Å². The Hall–Kier alpha value is -4.98. The highest BCUT2D eigenvalue weighted by Gasteiger charge is 2.35. The summed E-state index contributed by atoms with van der Waals surface area (Å²) in [7, 11) is 6.53. The molecule has 0 radical (unpaired) electrons. The molecule has 2 aliphatic rings. The lowest BCUT2D eigenvalue weighted by molar-refractivity contribution is -0.135. The number of carbonyl (C=O) groups is 2. The molecule has 2 atom stereocenters. The molecule has 47 heavy (non-hydrogen) atoms. The van der Waals surface area contributed by atoms with E-state index in [0.717, 1.165) is 33.4 Å². The summed E-state index contributed by atoms with van der Waals surface area (Å²) in [5.74, 6) is 2.71. The van der Waals surface area contributed by atoms with Crippen molar-refractivity contribution in [2.45, 2.75) is 44.2 Å². The van der Waals surface area contributed by atoms with Crippen LogP contribution in [0.3, 0.4) is 0 Å². The Kier molecular flexibility index (Phi) is 9.66. The second kappa shape index (κ2) is 14.2. The number of fused-ring (bicyclic) bond motifs is 2. The molecule has 0 aromatic heterocycles. The van der Waals surface area contributed by atoms with Crippen LogP contribution in [0.25, 0.3) is 0 Å². The Balaban J connectivity index is 1.21. The first-order valence-electron chi connectivity index (χ1n) is 16.2. The lowest BCUT2D eigenvalue weighted by Gasteiger charge is -2.39. The molecule has 0 spiro atoms. The minimum atomic E-state index is -0.254. The van der Waals surface area contributed by atoms with Gasteiger partial charge in [-0.1, -0.05) is 60.7 Å². The molecule has 2 heterocycles. The maximum atomic E-state index is 13.9. The van der Waals surface area contributed by atoms with Gasteiger partial charge in [-0.25, -0.2) is 0 Å². The normalized spacial score (nSPS) is 16.9.